The summed E-state index contributed by atoms with van der Waals surface area (Å²) in [6.07, 6.45) is 6.23. The summed E-state index contributed by atoms with van der Waals surface area (Å²) in [6, 6.07) is 3.33. The number of unbranched alkanes of at least 4 members (excludes halogenated alkanes) is 1. The lowest BCUT2D eigenvalue weighted by Crippen LogP contribution is -2.52. The van der Waals surface area contributed by atoms with E-state index in [-0.39, 0.29) is 18.4 Å². The molecule has 1 amide bonds. The van der Waals surface area contributed by atoms with Crippen LogP contribution in [-0.2, 0) is 14.3 Å². The number of amides is 1. The fourth-order valence-corrected chi connectivity index (χ4v) is 4.47. The van der Waals surface area contributed by atoms with E-state index in [4.69, 9.17) is 9.47 Å². The van der Waals surface area contributed by atoms with E-state index in [1.807, 2.05) is 39.1 Å². The molecule has 0 spiro atoms. The summed E-state index contributed by atoms with van der Waals surface area (Å²) >= 11 is 0. The molecule has 1 aromatic heterocycles. The minimum absolute atomic E-state index is 0.128. The molecular weight excluding hydrogens is 418 g/mol. The van der Waals surface area contributed by atoms with E-state index < -0.39 is 18.1 Å². The van der Waals surface area contributed by atoms with E-state index in [9.17, 15) is 9.90 Å². The molecule has 0 aliphatic heterocycles. The van der Waals surface area contributed by atoms with Gasteiger partial charge in [0.1, 0.15) is 6.04 Å². The number of carbonyl (C=O) groups is 1. The molecule has 2 rings (SSSR count). The van der Waals surface area contributed by atoms with Crippen molar-refractivity contribution in [3.05, 3.63) is 42.2 Å². The highest BCUT2D eigenvalue weighted by molar-refractivity contribution is 5.81. The van der Waals surface area contributed by atoms with Gasteiger partial charge in [-0.15, -0.1) is 6.58 Å². The lowest BCUT2D eigenvalue weighted by atomic mass is 9.84. The summed E-state index contributed by atoms with van der Waals surface area (Å²) in [4.78, 5) is 17.3. The average Bonchev–Trinajstić information content (AvgIpc) is 3.07. The van der Waals surface area contributed by atoms with Crippen LogP contribution in [0.25, 0.3) is 0 Å². The van der Waals surface area contributed by atoms with Crippen molar-refractivity contribution in [2.75, 3.05) is 19.8 Å². The SMILES string of the molecule is C=CCC1c2ncccc2C(COC(O)NC(COC(C)(C)C)C(=O)NCCCC)C1CC. The quantitative estimate of drug-likeness (QED) is 0.221. The Balaban J connectivity index is 2.03. The molecule has 5 unspecified atom stereocenters. The summed E-state index contributed by atoms with van der Waals surface area (Å²) in [5.74, 6) is 0.586. The number of hydrogen-bond acceptors (Lipinski definition) is 6. The maximum absolute atomic E-state index is 12.7. The van der Waals surface area contributed by atoms with Crippen LogP contribution in [0, 0.1) is 5.92 Å². The third-order valence-corrected chi connectivity index (χ3v) is 6.15. The number of fused-ring (bicyclic) bond motifs is 1. The number of aromatic nitrogens is 1. The van der Waals surface area contributed by atoms with E-state index in [0.29, 0.717) is 25.0 Å². The van der Waals surface area contributed by atoms with Crippen LogP contribution in [0.15, 0.2) is 31.0 Å². The summed E-state index contributed by atoms with van der Waals surface area (Å²) in [7, 11) is 0. The maximum atomic E-state index is 12.7. The molecule has 0 saturated carbocycles. The molecule has 7 nitrogen and oxygen atoms in total. The molecule has 0 aromatic carbocycles. The van der Waals surface area contributed by atoms with Crippen LogP contribution >= 0.6 is 0 Å². The van der Waals surface area contributed by atoms with Crippen molar-refractivity contribution >= 4 is 5.91 Å². The molecule has 186 valence electrons. The number of ether oxygens (including phenoxy) is 2. The molecule has 1 heterocycles. The number of aliphatic hydroxyl groups is 1. The lowest BCUT2D eigenvalue weighted by molar-refractivity contribution is -0.150. The highest BCUT2D eigenvalue weighted by Gasteiger charge is 2.40. The number of nitrogens with one attached hydrogen (secondary N) is 2. The van der Waals surface area contributed by atoms with E-state index in [2.05, 4.69) is 42.1 Å². The smallest absolute Gasteiger partial charge is 0.239 e. The predicted octanol–water partition coefficient (Wildman–Crippen LogP) is 3.85. The van der Waals surface area contributed by atoms with E-state index in [1.165, 1.54) is 5.56 Å². The van der Waals surface area contributed by atoms with Crippen LogP contribution in [0.4, 0.5) is 0 Å². The Hall–Kier alpha value is -1.80. The van der Waals surface area contributed by atoms with Gasteiger partial charge in [0.2, 0.25) is 12.3 Å². The number of hydrogen-bond donors (Lipinski definition) is 3. The molecule has 7 heteroatoms. The van der Waals surface area contributed by atoms with E-state index >= 15 is 0 Å². The van der Waals surface area contributed by atoms with Crippen molar-refractivity contribution < 1.29 is 19.4 Å². The average molecular weight is 462 g/mol. The summed E-state index contributed by atoms with van der Waals surface area (Å²) in [5.41, 5.74) is 1.88. The lowest BCUT2D eigenvalue weighted by Gasteiger charge is -2.28. The Bertz CT molecular complexity index is 749. The third-order valence-electron chi connectivity index (χ3n) is 6.15. The number of pyridine rings is 1. The van der Waals surface area contributed by atoms with Gasteiger partial charge in [0.15, 0.2) is 0 Å². The van der Waals surface area contributed by atoms with Gasteiger partial charge in [0.05, 0.1) is 18.8 Å². The first kappa shape index (κ1) is 27.4. The van der Waals surface area contributed by atoms with E-state index in [0.717, 1.165) is 31.4 Å². The van der Waals surface area contributed by atoms with Gasteiger partial charge >= 0.3 is 0 Å². The minimum atomic E-state index is -1.29. The van der Waals surface area contributed by atoms with E-state index in [1.54, 1.807) is 0 Å². The monoisotopic (exact) mass is 461 g/mol. The number of aliphatic hydroxyl groups excluding tert-OH is 1. The molecule has 0 radical (unpaired) electrons. The van der Waals surface area contributed by atoms with Gasteiger partial charge in [-0.3, -0.25) is 15.1 Å². The zero-order valence-corrected chi connectivity index (χ0v) is 21.0. The molecule has 0 bridgehead atoms. The van der Waals surface area contributed by atoms with Crippen LogP contribution in [0.1, 0.15) is 83.4 Å². The first-order valence-electron chi connectivity index (χ1n) is 12.2. The summed E-state index contributed by atoms with van der Waals surface area (Å²) < 4.78 is 11.6. The first-order chi connectivity index (χ1) is 15.7. The molecule has 1 aliphatic carbocycles. The van der Waals surface area contributed by atoms with Gasteiger partial charge in [0, 0.05) is 30.3 Å². The van der Waals surface area contributed by atoms with Crippen LogP contribution in [0.2, 0.25) is 0 Å². The van der Waals surface area contributed by atoms with Gasteiger partial charge in [-0.25, -0.2) is 0 Å². The zero-order valence-electron chi connectivity index (χ0n) is 21.0. The molecular formula is C26H43N3O4. The molecule has 1 aliphatic rings. The Morgan fingerprint density at radius 2 is 2.09 bits per heavy atom. The second-order valence-electron chi connectivity index (χ2n) is 9.76. The first-order valence-corrected chi connectivity index (χ1v) is 12.2. The third kappa shape index (κ3) is 8.18. The van der Waals surface area contributed by atoms with Crippen LogP contribution in [0.3, 0.4) is 0 Å². The van der Waals surface area contributed by atoms with Crippen molar-refractivity contribution in [2.24, 2.45) is 5.92 Å². The van der Waals surface area contributed by atoms with Crippen molar-refractivity contribution in [1.29, 1.82) is 0 Å². The molecule has 5 atom stereocenters. The Labute approximate surface area is 199 Å². The zero-order chi connectivity index (χ0) is 24.4. The molecule has 0 fully saturated rings. The summed E-state index contributed by atoms with van der Waals surface area (Å²) in [6.45, 7) is 15.0. The van der Waals surface area contributed by atoms with Gasteiger partial charge in [0.25, 0.3) is 0 Å². The van der Waals surface area contributed by atoms with Gasteiger partial charge in [-0.2, -0.15) is 0 Å². The molecule has 33 heavy (non-hydrogen) atoms. The largest absolute Gasteiger partial charge is 0.374 e. The number of rotatable bonds is 14. The molecule has 1 aromatic rings. The minimum Gasteiger partial charge on any atom is -0.374 e. The second-order valence-corrected chi connectivity index (χ2v) is 9.76. The van der Waals surface area contributed by atoms with Crippen molar-refractivity contribution in [3.8, 4) is 0 Å². The summed E-state index contributed by atoms with van der Waals surface area (Å²) in [5, 5.41) is 16.4. The fraction of sp³-hybridized carbons (Fsp3) is 0.692. The van der Waals surface area contributed by atoms with Crippen molar-refractivity contribution in [1.82, 2.24) is 15.6 Å². The second kappa shape index (κ2) is 13.2. The highest BCUT2D eigenvalue weighted by atomic mass is 16.6. The van der Waals surface area contributed by atoms with Crippen molar-refractivity contribution in [3.63, 3.8) is 0 Å². The number of carbonyl (C=O) groups excluding carboxylic acids is 1. The Morgan fingerprint density at radius 1 is 1.33 bits per heavy atom. The van der Waals surface area contributed by atoms with Gasteiger partial charge in [-0.1, -0.05) is 38.8 Å². The van der Waals surface area contributed by atoms with Crippen LogP contribution < -0.4 is 10.6 Å². The number of nitrogens with zero attached hydrogens (tertiary/aromatic N) is 1. The Kier molecular flexibility index (Phi) is 11.0. The molecule has 3 N–H and O–H groups in total. The normalized spacial score (nSPS) is 21.9. The van der Waals surface area contributed by atoms with Crippen molar-refractivity contribution in [2.45, 2.75) is 90.2 Å². The topological polar surface area (TPSA) is 92.7 Å². The molecule has 0 saturated heterocycles. The van der Waals surface area contributed by atoms with Crippen LogP contribution in [0.5, 0.6) is 0 Å². The van der Waals surface area contributed by atoms with Crippen LogP contribution in [-0.4, -0.2) is 53.8 Å². The standard InChI is InChI=1S/C26H43N3O4/c1-7-10-14-28-24(30)22(17-33-26(4,5)6)29-25(31)32-16-21-18(9-3)19(12-8-2)23-20(21)13-11-15-27-23/h8,11,13,15,18-19,21-22,25,29,31H,2,7,9-10,12,14,16-17H2,1,3-6H3,(H,28,30). The number of allylic oxidation sites excluding steroid dienone is 1. The Morgan fingerprint density at radius 3 is 2.73 bits per heavy atom. The highest BCUT2D eigenvalue weighted by Crippen LogP contribution is 2.48. The van der Waals surface area contributed by atoms with Gasteiger partial charge in [-0.05, 0) is 51.2 Å². The van der Waals surface area contributed by atoms with Gasteiger partial charge < -0.3 is 19.9 Å². The maximum Gasteiger partial charge on any atom is 0.239 e. The predicted molar refractivity (Wildman–Crippen MR) is 131 cm³/mol. The fourth-order valence-electron chi connectivity index (χ4n) is 4.47.